The molecule has 4 nitrogen and oxygen atoms in total. The first-order valence-electron chi connectivity index (χ1n) is 12.3. The van der Waals surface area contributed by atoms with E-state index in [4.69, 9.17) is 34.8 Å². The highest BCUT2D eigenvalue weighted by molar-refractivity contribution is 6.39. The van der Waals surface area contributed by atoms with Crippen LogP contribution >= 0.6 is 34.8 Å². The molecule has 0 saturated heterocycles. The number of aliphatic hydroxyl groups is 1. The first-order valence-corrected chi connectivity index (χ1v) is 13.5. The SMILES string of the molecule is OC(c1ccc(Cl)cc1)(c1cccnc1)c1ccc2nc(Cl)c(Cc3ccc(-n4cccc4)cc3)c(Cl)c2c1. The lowest BCUT2D eigenvalue weighted by Crippen LogP contribution is -2.29. The molecule has 6 rings (SSSR count). The normalized spacial score (nSPS) is 12.9. The average Bonchev–Trinajstić information content (AvgIpc) is 3.51. The second-order valence-electron chi connectivity index (χ2n) is 9.32. The maximum absolute atomic E-state index is 12.3. The maximum Gasteiger partial charge on any atom is 0.142 e. The molecule has 1 atom stereocenters. The van der Waals surface area contributed by atoms with E-state index < -0.39 is 5.60 Å². The summed E-state index contributed by atoms with van der Waals surface area (Å²) in [5, 5.41) is 14.4. The zero-order valence-corrected chi connectivity index (χ0v) is 22.9. The van der Waals surface area contributed by atoms with Crippen LogP contribution in [0.3, 0.4) is 0 Å². The quantitative estimate of drug-likeness (QED) is 0.205. The van der Waals surface area contributed by atoms with Crippen molar-refractivity contribution in [1.29, 1.82) is 0 Å². The number of rotatable bonds is 6. The van der Waals surface area contributed by atoms with E-state index in [9.17, 15) is 5.11 Å². The molecule has 0 spiro atoms. The summed E-state index contributed by atoms with van der Waals surface area (Å²) >= 11 is 19.8. The first kappa shape index (κ1) is 25.6. The van der Waals surface area contributed by atoms with Crippen molar-refractivity contribution >= 4 is 45.7 Å². The lowest BCUT2D eigenvalue weighted by atomic mass is 9.80. The minimum atomic E-state index is -1.50. The molecule has 192 valence electrons. The van der Waals surface area contributed by atoms with Crippen molar-refractivity contribution in [1.82, 2.24) is 14.5 Å². The van der Waals surface area contributed by atoms with Gasteiger partial charge in [0.05, 0.1) is 10.5 Å². The Bertz CT molecular complexity index is 1750. The van der Waals surface area contributed by atoms with E-state index in [1.165, 1.54) is 0 Å². The summed E-state index contributed by atoms with van der Waals surface area (Å²) in [6, 6.07) is 28.5. The van der Waals surface area contributed by atoms with Crippen LogP contribution in [-0.4, -0.2) is 19.6 Å². The van der Waals surface area contributed by atoms with Crippen molar-refractivity contribution in [3.05, 3.63) is 159 Å². The van der Waals surface area contributed by atoms with Crippen LogP contribution in [0.2, 0.25) is 15.2 Å². The molecule has 0 saturated carbocycles. The third kappa shape index (κ3) is 4.81. The molecule has 3 aromatic carbocycles. The Morgan fingerprint density at radius 2 is 1.49 bits per heavy atom. The second kappa shape index (κ2) is 10.5. The van der Waals surface area contributed by atoms with E-state index in [0.29, 0.717) is 49.2 Å². The Kier molecular flexibility index (Phi) is 6.88. The summed E-state index contributed by atoms with van der Waals surface area (Å²) in [6.07, 6.45) is 7.85. The Balaban J connectivity index is 1.44. The fraction of sp³-hybridized carbons (Fsp3) is 0.0625. The van der Waals surface area contributed by atoms with Gasteiger partial charge >= 0.3 is 0 Å². The number of pyridine rings is 2. The zero-order chi connectivity index (χ0) is 27.0. The van der Waals surface area contributed by atoms with Crippen LogP contribution in [-0.2, 0) is 12.0 Å². The van der Waals surface area contributed by atoms with Gasteiger partial charge < -0.3 is 9.67 Å². The third-order valence-electron chi connectivity index (χ3n) is 6.94. The topological polar surface area (TPSA) is 50.9 Å². The van der Waals surface area contributed by atoms with Crippen LogP contribution in [0.25, 0.3) is 16.6 Å². The molecular formula is C32H22Cl3N3O. The molecule has 0 fully saturated rings. The van der Waals surface area contributed by atoms with Crippen molar-refractivity contribution in [2.45, 2.75) is 12.0 Å². The Labute approximate surface area is 241 Å². The highest BCUT2D eigenvalue weighted by Gasteiger charge is 2.34. The van der Waals surface area contributed by atoms with E-state index in [2.05, 4.69) is 34.2 Å². The van der Waals surface area contributed by atoms with Crippen LogP contribution in [0.1, 0.15) is 27.8 Å². The number of hydrogen-bond acceptors (Lipinski definition) is 3. The Morgan fingerprint density at radius 3 is 2.18 bits per heavy atom. The van der Waals surface area contributed by atoms with Gasteiger partial charge in [-0.1, -0.05) is 71.2 Å². The van der Waals surface area contributed by atoms with Crippen molar-refractivity contribution in [2.24, 2.45) is 0 Å². The molecule has 3 aromatic heterocycles. The monoisotopic (exact) mass is 569 g/mol. The summed E-state index contributed by atoms with van der Waals surface area (Å²) in [7, 11) is 0. The third-order valence-corrected chi connectivity index (χ3v) is 7.94. The molecule has 39 heavy (non-hydrogen) atoms. The molecule has 1 N–H and O–H groups in total. The molecule has 0 aliphatic heterocycles. The van der Waals surface area contributed by atoms with Gasteiger partial charge in [0.1, 0.15) is 10.8 Å². The van der Waals surface area contributed by atoms with Crippen LogP contribution in [0, 0.1) is 0 Å². The second-order valence-corrected chi connectivity index (χ2v) is 10.5. The average molecular weight is 571 g/mol. The minimum Gasteiger partial charge on any atom is -0.376 e. The van der Waals surface area contributed by atoms with Gasteiger partial charge in [-0.05, 0) is 71.3 Å². The number of aromatic nitrogens is 3. The van der Waals surface area contributed by atoms with Crippen LogP contribution in [0.5, 0.6) is 0 Å². The van der Waals surface area contributed by atoms with E-state index in [0.717, 1.165) is 16.8 Å². The Morgan fingerprint density at radius 1 is 0.769 bits per heavy atom. The van der Waals surface area contributed by atoms with Gasteiger partial charge in [-0.3, -0.25) is 4.98 Å². The van der Waals surface area contributed by atoms with E-state index in [1.54, 1.807) is 30.6 Å². The summed E-state index contributed by atoms with van der Waals surface area (Å²) < 4.78 is 2.05. The van der Waals surface area contributed by atoms with Gasteiger partial charge in [-0.2, -0.15) is 0 Å². The largest absolute Gasteiger partial charge is 0.376 e. The van der Waals surface area contributed by atoms with Gasteiger partial charge in [-0.15, -0.1) is 0 Å². The molecule has 7 heteroatoms. The number of fused-ring (bicyclic) bond motifs is 1. The van der Waals surface area contributed by atoms with Gasteiger partial charge in [0.25, 0.3) is 0 Å². The molecule has 0 radical (unpaired) electrons. The smallest absolute Gasteiger partial charge is 0.142 e. The van der Waals surface area contributed by atoms with Gasteiger partial charge in [0, 0.05) is 58.4 Å². The number of nitrogens with zero attached hydrogens (tertiary/aromatic N) is 3. The highest BCUT2D eigenvalue weighted by Crippen LogP contribution is 2.40. The summed E-state index contributed by atoms with van der Waals surface area (Å²) in [4.78, 5) is 8.89. The molecule has 0 amide bonds. The fourth-order valence-corrected chi connectivity index (χ4v) is 5.61. The molecule has 0 bridgehead atoms. The summed E-state index contributed by atoms with van der Waals surface area (Å²) in [5.74, 6) is 0. The highest BCUT2D eigenvalue weighted by atomic mass is 35.5. The predicted molar refractivity (Wildman–Crippen MR) is 158 cm³/mol. The molecule has 6 aromatic rings. The van der Waals surface area contributed by atoms with E-state index in [-0.39, 0.29) is 0 Å². The van der Waals surface area contributed by atoms with E-state index >= 15 is 0 Å². The number of halogens is 3. The number of hydrogen-bond donors (Lipinski definition) is 1. The van der Waals surface area contributed by atoms with Crippen LogP contribution in [0.15, 0.2) is 116 Å². The molecule has 3 heterocycles. The molecule has 0 aliphatic rings. The van der Waals surface area contributed by atoms with E-state index in [1.807, 2.05) is 65.5 Å². The van der Waals surface area contributed by atoms with Crippen molar-refractivity contribution in [2.75, 3.05) is 0 Å². The molecule has 1 unspecified atom stereocenters. The maximum atomic E-state index is 12.3. The Hall–Kier alpha value is -3.67. The minimum absolute atomic E-state index is 0.356. The standard InChI is InChI=1S/C32H22Cl3N3O/c33-25-10-7-22(8-11-25)32(39,24-4-3-15-36-20-24)23-9-14-29-27(19-23)30(34)28(31(35)37-29)18-21-5-12-26(13-6-21)38-16-1-2-17-38/h1-17,19-20,39H,18H2. The van der Waals surface area contributed by atoms with Gasteiger partial charge in [-0.25, -0.2) is 4.98 Å². The lowest BCUT2D eigenvalue weighted by molar-refractivity contribution is 0.125. The van der Waals surface area contributed by atoms with Crippen molar-refractivity contribution < 1.29 is 5.11 Å². The number of benzene rings is 3. The summed E-state index contributed by atoms with van der Waals surface area (Å²) in [6.45, 7) is 0. The molecular weight excluding hydrogens is 549 g/mol. The fourth-order valence-electron chi connectivity index (χ4n) is 4.88. The van der Waals surface area contributed by atoms with Crippen molar-refractivity contribution in [3.8, 4) is 5.69 Å². The van der Waals surface area contributed by atoms with Crippen molar-refractivity contribution in [3.63, 3.8) is 0 Å². The van der Waals surface area contributed by atoms with Gasteiger partial charge in [0.2, 0.25) is 0 Å². The summed E-state index contributed by atoms with van der Waals surface area (Å²) in [5.41, 5.74) is 3.90. The zero-order valence-electron chi connectivity index (χ0n) is 20.6. The first-order chi connectivity index (χ1) is 18.9. The lowest BCUT2D eigenvalue weighted by Gasteiger charge is -2.30. The van der Waals surface area contributed by atoms with Crippen LogP contribution in [0.4, 0.5) is 0 Å². The van der Waals surface area contributed by atoms with Gasteiger partial charge in [0.15, 0.2) is 0 Å². The molecule has 0 aliphatic carbocycles. The predicted octanol–water partition coefficient (Wildman–Crippen LogP) is 8.26. The van der Waals surface area contributed by atoms with Crippen LogP contribution < -0.4 is 0 Å².